The molecule has 0 heterocycles. The molecule has 0 aromatic heterocycles. The third-order valence-corrected chi connectivity index (χ3v) is 0. The van der Waals surface area contributed by atoms with Gasteiger partial charge in [-0.25, -0.2) is 0 Å². The topological polar surface area (TPSA) is 63.2 Å². The second kappa shape index (κ2) is 9.49. The van der Waals surface area contributed by atoms with Crippen LogP contribution in [0, 0.1) is 0 Å². The standard InChI is InChI=1S/H2O3S.H2Se.V/c1-4(2)3;;/h(H2,1,2,3);1H2;/p-2. The Morgan fingerprint density at radius 2 is 1.33 bits per heavy atom. The summed E-state index contributed by atoms with van der Waals surface area (Å²) in [5.74, 6) is 0. The van der Waals surface area contributed by atoms with Crippen LogP contribution < -0.4 is 0 Å². The molecule has 0 rings (SSSR count). The summed E-state index contributed by atoms with van der Waals surface area (Å²) in [5.41, 5.74) is 0. The zero-order valence-corrected chi connectivity index (χ0v) is 6.89. The van der Waals surface area contributed by atoms with Crippen LogP contribution in [0.25, 0.3) is 0 Å². The maximum Gasteiger partial charge on any atom is 0 e. The molecule has 0 bridgehead atoms. The van der Waals surface area contributed by atoms with Crippen molar-refractivity contribution < 1.29 is 31.9 Å². The van der Waals surface area contributed by atoms with E-state index in [0.717, 1.165) is 0 Å². The second-order valence-electron chi connectivity index (χ2n) is 0.204. The van der Waals surface area contributed by atoms with Crippen LogP contribution >= 0.6 is 0 Å². The van der Waals surface area contributed by atoms with Gasteiger partial charge < -0.3 is 9.11 Å². The minimum atomic E-state index is -3.11. The van der Waals surface area contributed by atoms with E-state index in [0.29, 0.717) is 0 Å². The normalized spacial score (nSPS) is 5.83. The summed E-state index contributed by atoms with van der Waals surface area (Å²) in [6, 6.07) is 0. The monoisotopic (exact) mass is 213 g/mol. The van der Waals surface area contributed by atoms with Crippen LogP contribution in [-0.4, -0.2) is 30.4 Å². The first-order valence-electron chi connectivity index (χ1n) is 0.500. The fraction of sp³-hybridized carbons (Fsp3) is 0. The molecule has 0 aromatic carbocycles. The molecule has 0 spiro atoms. The average Bonchev–Trinajstić information content (AvgIpc) is 0.811. The van der Waals surface area contributed by atoms with Gasteiger partial charge >= 0.3 is 17.1 Å². The first-order chi connectivity index (χ1) is 1.73. The van der Waals surface area contributed by atoms with Gasteiger partial charge in [0, 0.05) is 18.6 Å². The molecule has 0 atom stereocenters. The molecule has 0 amide bonds. The number of hydrogen-bond donors (Lipinski definition) is 0. The van der Waals surface area contributed by atoms with E-state index in [2.05, 4.69) is 0 Å². The predicted molar refractivity (Wildman–Crippen MR) is 18.2 cm³/mol. The van der Waals surface area contributed by atoms with E-state index in [-0.39, 0.29) is 35.6 Å². The van der Waals surface area contributed by atoms with Crippen LogP contribution in [0.1, 0.15) is 0 Å². The van der Waals surface area contributed by atoms with Gasteiger partial charge in [-0.05, 0) is 0 Å². The molecule has 39 valence electrons. The van der Waals surface area contributed by atoms with Crippen molar-refractivity contribution in [3.63, 3.8) is 0 Å². The fourth-order valence-corrected chi connectivity index (χ4v) is 0. The van der Waals surface area contributed by atoms with Gasteiger partial charge in [0.2, 0.25) is 0 Å². The van der Waals surface area contributed by atoms with Crippen molar-refractivity contribution in [1.82, 2.24) is 0 Å². The van der Waals surface area contributed by atoms with Crippen molar-refractivity contribution in [2.24, 2.45) is 0 Å². The van der Waals surface area contributed by atoms with E-state index in [1.165, 1.54) is 0 Å². The number of hydrogen-bond acceptors (Lipinski definition) is 3. The van der Waals surface area contributed by atoms with E-state index < -0.39 is 11.4 Å². The maximum atomic E-state index is 8.44. The van der Waals surface area contributed by atoms with Crippen LogP contribution in [0.3, 0.4) is 0 Å². The van der Waals surface area contributed by atoms with E-state index in [1.807, 2.05) is 0 Å². The molecule has 0 aliphatic rings. The predicted octanol–water partition coefficient (Wildman–Crippen LogP) is -1.92. The van der Waals surface area contributed by atoms with E-state index in [4.69, 9.17) is 13.3 Å². The van der Waals surface area contributed by atoms with Crippen LogP contribution in [-0.2, 0) is 29.9 Å². The molecule has 0 unspecified atom stereocenters. The summed E-state index contributed by atoms with van der Waals surface area (Å²) in [6.07, 6.45) is 0. The van der Waals surface area contributed by atoms with E-state index >= 15 is 0 Å². The molecule has 0 saturated carbocycles. The molecule has 0 fully saturated rings. The summed E-state index contributed by atoms with van der Waals surface area (Å²) in [4.78, 5) is 0. The third-order valence-electron chi connectivity index (χ3n) is 0. The molecule has 1 radical (unpaired) electrons. The Hall–Kier alpha value is 1.17. The van der Waals surface area contributed by atoms with Crippen molar-refractivity contribution in [2.45, 2.75) is 0 Å². The smallest absolute Gasteiger partial charge is 0 e. The Morgan fingerprint density at radius 1 is 1.33 bits per heavy atom. The minimum Gasteiger partial charge on any atom is 0 e. The zero-order valence-electron chi connectivity index (χ0n) is 2.58. The quantitative estimate of drug-likeness (QED) is 0.347. The molecule has 0 saturated heterocycles. The number of rotatable bonds is 0. The van der Waals surface area contributed by atoms with Gasteiger partial charge in [-0.3, -0.25) is 4.21 Å². The Balaban J connectivity index is -0.0000000450. The second-order valence-corrected chi connectivity index (χ2v) is 0.612. The Kier molecular flexibility index (Phi) is 24.8. The van der Waals surface area contributed by atoms with E-state index in [9.17, 15) is 0 Å². The Labute approximate surface area is 60.4 Å². The molecular weight excluding hydrogens is 210 g/mol. The molecule has 0 aromatic rings. The van der Waals surface area contributed by atoms with Gasteiger partial charge in [-0.15, -0.1) is 11.4 Å². The van der Waals surface area contributed by atoms with Crippen LogP contribution in [0.4, 0.5) is 0 Å². The van der Waals surface area contributed by atoms with E-state index in [1.54, 1.807) is 0 Å². The first kappa shape index (κ1) is 15.7. The van der Waals surface area contributed by atoms with Gasteiger partial charge in [0.25, 0.3) is 0 Å². The molecule has 0 aliphatic heterocycles. The SMILES string of the molecule is O=S([O-])[O-].[SeH2].[V]. The molecule has 0 aliphatic carbocycles. The molecule has 6 heteroatoms. The van der Waals surface area contributed by atoms with Crippen molar-refractivity contribution in [2.75, 3.05) is 0 Å². The molecule has 0 N–H and O–H groups in total. The van der Waals surface area contributed by atoms with Crippen molar-refractivity contribution in [3.8, 4) is 0 Å². The zero-order chi connectivity index (χ0) is 3.58. The molecular formula is H2O3SSeV-2. The summed E-state index contributed by atoms with van der Waals surface area (Å²) in [5, 5.41) is 0. The molecule has 6 heavy (non-hydrogen) atoms. The summed E-state index contributed by atoms with van der Waals surface area (Å²) >= 11 is -3.11. The van der Waals surface area contributed by atoms with Crippen LogP contribution in [0.2, 0.25) is 0 Å². The third kappa shape index (κ3) is 65.4. The Bertz CT molecular complexity index is 33.8. The Morgan fingerprint density at radius 3 is 1.33 bits per heavy atom. The van der Waals surface area contributed by atoms with Crippen molar-refractivity contribution in [3.05, 3.63) is 0 Å². The van der Waals surface area contributed by atoms with Gasteiger partial charge in [0.05, 0.1) is 0 Å². The van der Waals surface area contributed by atoms with Gasteiger partial charge in [0.1, 0.15) is 0 Å². The molecule has 3 nitrogen and oxygen atoms in total. The first-order valence-corrected chi connectivity index (χ1v) is 1.50. The van der Waals surface area contributed by atoms with Crippen molar-refractivity contribution in [1.29, 1.82) is 0 Å². The van der Waals surface area contributed by atoms with Crippen LogP contribution in [0.5, 0.6) is 0 Å². The fourth-order valence-electron chi connectivity index (χ4n) is 0. The van der Waals surface area contributed by atoms with Crippen LogP contribution in [0.15, 0.2) is 0 Å². The van der Waals surface area contributed by atoms with Gasteiger partial charge in [0.15, 0.2) is 0 Å². The summed E-state index contributed by atoms with van der Waals surface area (Å²) in [7, 11) is 0. The van der Waals surface area contributed by atoms with Gasteiger partial charge in [-0.2, -0.15) is 0 Å². The minimum absolute atomic E-state index is 0. The maximum absolute atomic E-state index is 8.44. The average molecular weight is 212 g/mol. The summed E-state index contributed by atoms with van der Waals surface area (Å²) in [6.45, 7) is 0. The largest absolute Gasteiger partial charge is 0 e. The van der Waals surface area contributed by atoms with Crippen molar-refractivity contribution >= 4 is 28.4 Å². The summed E-state index contributed by atoms with van der Waals surface area (Å²) < 4.78 is 25.3. The van der Waals surface area contributed by atoms with Gasteiger partial charge in [-0.1, -0.05) is 0 Å².